The second-order valence-electron chi connectivity index (χ2n) is 13.3. The van der Waals surface area contributed by atoms with Crippen LogP contribution in [0.15, 0.2) is 40.9 Å². The molecule has 6 N–H and O–H groups in total. The number of phenolic OH excluding ortho intramolecular Hbond substituents is 1. The molecule has 1 amide bonds. The van der Waals surface area contributed by atoms with Crippen molar-refractivity contribution in [2.75, 3.05) is 66.3 Å². The Kier molecular flexibility index (Phi) is 8.05. The number of aromatic hydroxyl groups is 1. The average molecular weight is 652 g/mol. The van der Waals surface area contributed by atoms with Crippen LogP contribution < -0.4 is 10.6 Å². The standard InChI is InChI=1S/C33H41N5O7S/c1-35(2)21-14-19(22-7-6-17(46-22)15-38-10-8-37(5)9-11-38)27(39)24-18(21)12-16-13-20-26(36(3)4)29(41)25(32(34)44)31(43)33(20,45)30(42)23(16)28(24)40/h6-7,14,16,20,26,39,41-42,45H,8-13,15H2,1-5H3,(H2,34,44). The molecule has 246 valence electrons. The van der Waals surface area contributed by atoms with Crippen molar-refractivity contribution in [3.63, 3.8) is 0 Å². The third-order valence-electron chi connectivity index (χ3n) is 10.1. The summed E-state index contributed by atoms with van der Waals surface area (Å²) in [6.45, 7) is 4.72. The smallest absolute Gasteiger partial charge is 0.255 e. The van der Waals surface area contributed by atoms with Crippen LogP contribution in [0.1, 0.15) is 27.2 Å². The number of likely N-dealkylation sites (N-methyl/N-ethyl adjacent to an activating group) is 2. The van der Waals surface area contributed by atoms with Crippen molar-refractivity contribution in [1.82, 2.24) is 14.7 Å². The Hall–Kier alpha value is -3.75. The van der Waals surface area contributed by atoms with Gasteiger partial charge < -0.3 is 36.0 Å². The number of hydrogen-bond donors (Lipinski definition) is 5. The summed E-state index contributed by atoms with van der Waals surface area (Å²) in [6, 6.07) is 4.81. The second kappa shape index (κ2) is 11.5. The molecule has 13 heteroatoms. The van der Waals surface area contributed by atoms with Gasteiger partial charge in [0.2, 0.25) is 5.78 Å². The summed E-state index contributed by atoms with van der Waals surface area (Å²) in [5.74, 6) is -6.58. The molecule has 1 fully saturated rings. The number of nitrogens with two attached hydrogens (primary N) is 1. The quantitative estimate of drug-likeness (QED) is 0.288. The molecule has 4 atom stereocenters. The molecule has 2 aromatic rings. The summed E-state index contributed by atoms with van der Waals surface area (Å²) in [6.07, 6.45) is 0.275. The molecule has 0 spiro atoms. The van der Waals surface area contributed by atoms with Crippen molar-refractivity contribution in [3.8, 4) is 16.2 Å². The number of amides is 1. The highest BCUT2D eigenvalue weighted by atomic mass is 32.1. The van der Waals surface area contributed by atoms with Gasteiger partial charge >= 0.3 is 0 Å². The van der Waals surface area contributed by atoms with Crippen LogP contribution in [0, 0.1) is 11.8 Å². The molecule has 4 aliphatic rings. The van der Waals surface area contributed by atoms with E-state index < -0.39 is 58.0 Å². The Bertz CT molecular complexity index is 1700. The van der Waals surface area contributed by atoms with Crippen LogP contribution in [-0.2, 0) is 22.6 Å². The number of carbonyl (C=O) groups is 3. The summed E-state index contributed by atoms with van der Waals surface area (Å²) in [7, 11) is 9.04. The van der Waals surface area contributed by atoms with Crippen LogP contribution >= 0.6 is 11.3 Å². The number of rotatable bonds is 6. The summed E-state index contributed by atoms with van der Waals surface area (Å²) >= 11 is 1.54. The van der Waals surface area contributed by atoms with Crippen molar-refractivity contribution in [2.24, 2.45) is 17.6 Å². The maximum atomic E-state index is 14.4. The van der Waals surface area contributed by atoms with E-state index in [1.54, 1.807) is 30.3 Å². The topological polar surface area (TPSA) is 171 Å². The van der Waals surface area contributed by atoms with E-state index in [4.69, 9.17) is 5.73 Å². The molecule has 0 bridgehead atoms. The predicted molar refractivity (Wildman–Crippen MR) is 174 cm³/mol. The van der Waals surface area contributed by atoms with Gasteiger partial charge in [0.1, 0.15) is 22.8 Å². The van der Waals surface area contributed by atoms with Gasteiger partial charge in [-0.15, -0.1) is 11.3 Å². The maximum absolute atomic E-state index is 14.4. The number of ketones is 2. The number of anilines is 1. The van der Waals surface area contributed by atoms with E-state index in [2.05, 4.69) is 16.8 Å². The maximum Gasteiger partial charge on any atom is 0.255 e. The van der Waals surface area contributed by atoms with Crippen molar-refractivity contribution in [2.45, 2.75) is 31.0 Å². The lowest BCUT2D eigenvalue weighted by Gasteiger charge is -2.50. The van der Waals surface area contributed by atoms with Crippen LogP contribution in [0.5, 0.6) is 5.75 Å². The van der Waals surface area contributed by atoms with Crippen molar-refractivity contribution >= 4 is 34.5 Å². The molecule has 6 rings (SSSR count). The first-order valence-electron chi connectivity index (χ1n) is 15.4. The monoisotopic (exact) mass is 651 g/mol. The number of allylic oxidation sites excluding steroid dienone is 1. The van der Waals surface area contributed by atoms with Crippen LogP contribution in [0.4, 0.5) is 5.69 Å². The van der Waals surface area contributed by atoms with Gasteiger partial charge in [-0.05, 0) is 63.7 Å². The van der Waals surface area contributed by atoms with Crippen LogP contribution in [0.3, 0.4) is 0 Å². The van der Waals surface area contributed by atoms with Gasteiger partial charge in [-0.2, -0.15) is 0 Å². The molecule has 0 saturated carbocycles. The predicted octanol–water partition coefficient (Wildman–Crippen LogP) is 1.66. The number of Topliss-reactive ketones (excluding diaryl/α,β-unsaturated/α-hetero) is 2. The first-order chi connectivity index (χ1) is 21.7. The average Bonchev–Trinajstić information content (AvgIpc) is 3.44. The Labute approximate surface area is 271 Å². The number of primary amides is 1. The minimum absolute atomic E-state index is 0.0102. The zero-order chi connectivity index (χ0) is 33.4. The normalized spacial score (nSPS) is 27.2. The van der Waals surface area contributed by atoms with Crippen LogP contribution in [0.2, 0.25) is 0 Å². The highest BCUT2D eigenvalue weighted by Crippen LogP contribution is 2.54. The Morgan fingerprint density at radius 2 is 1.76 bits per heavy atom. The number of nitrogens with zero attached hydrogens (tertiary/aromatic N) is 4. The molecular weight excluding hydrogens is 610 g/mol. The minimum atomic E-state index is -2.67. The molecule has 1 aliphatic heterocycles. The molecule has 12 nitrogen and oxygen atoms in total. The summed E-state index contributed by atoms with van der Waals surface area (Å²) < 4.78 is 0. The number of piperazine rings is 1. The first-order valence-corrected chi connectivity index (χ1v) is 16.2. The summed E-state index contributed by atoms with van der Waals surface area (Å²) in [5, 5.41) is 46.3. The fourth-order valence-electron chi connectivity index (χ4n) is 7.72. The zero-order valence-electron chi connectivity index (χ0n) is 26.7. The lowest BCUT2D eigenvalue weighted by atomic mass is 9.58. The van der Waals surface area contributed by atoms with E-state index in [0.717, 1.165) is 48.2 Å². The number of phenols is 1. The van der Waals surface area contributed by atoms with Gasteiger partial charge in [0.05, 0.1) is 11.6 Å². The van der Waals surface area contributed by atoms with E-state index in [1.807, 2.05) is 37.2 Å². The Balaban J connectivity index is 1.45. The van der Waals surface area contributed by atoms with Gasteiger partial charge in [-0.25, -0.2) is 0 Å². The highest BCUT2D eigenvalue weighted by Gasteiger charge is 2.63. The summed E-state index contributed by atoms with van der Waals surface area (Å²) in [5.41, 5.74) is 3.59. The lowest BCUT2D eigenvalue weighted by Crippen LogP contribution is -2.63. The molecule has 4 unspecified atom stereocenters. The van der Waals surface area contributed by atoms with E-state index in [9.17, 15) is 34.8 Å². The van der Waals surface area contributed by atoms with Crippen molar-refractivity contribution in [1.29, 1.82) is 0 Å². The van der Waals surface area contributed by atoms with E-state index in [1.165, 1.54) is 0 Å². The number of fused-ring (bicyclic) bond motifs is 3. The number of benzene rings is 1. The largest absolute Gasteiger partial charge is 0.510 e. The van der Waals surface area contributed by atoms with Crippen LogP contribution in [-0.4, -0.2) is 126 Å². The van der Waals surface area contributed by atoms with Gasteiger partial charge in [0.25, 0.3) is 5.91 Å². The first kappa shape index (κ1) is 32.2. The molecular formula is C33H41N5O7S. The Morgan fingerprint density at radius 1 is 1.09 bits per heavy atom. The van der Waals surface area contributed by atoms with Crippen molar-refractivity contribution in [3.05, 3.63) is 56.9 Å². The van der Waals surface area contributed by atoms with Crippen LogP contribution in [0.25, 0.3) is 10.4 Å². The summed E-state index contributed by atoms with van der Waals surface area (Å²) in [4.78, 5) is 50.2. The highest BCUT2D eigenvalue weighted by molar-refractivity contribution is 7.15. The molecule has 3 aliphatic carbocycles. The second-order valence-corrected chi connectivity index (χ2v) is 14.5. The van der Waals surface area contributed by atoms with Gasteiger partial charge in [0, 0.05) is 79.3 Å². The van der Waals surface area contributed by atoms with E-state index in [-0.39, 0.29) is 29.7 Å². The fraction of sp³-hybridized carbons (Fsp3) is 0.485. The number of hydrogen-bond acceptors (Lipinski definition) is 12. The fourth-order valence-corrected chi connectivity index (χ4v) is 8.79. The third kappa shape index (κ3) is 4.83. The van der Waals surface area contributed by atoms with E-state index in [0.29, 0.717) is 11.1 Å². The zero-order valence-corrected chi connectivity index (χ0v) is 27.5. The molecule has 2 heterocycles. The minimum Gasteiger partial charge on any atom is -0.510 e. The van der Waals surface area contributed by atoms with Crippen molar-refractivity contribution < 1.29 is 34.8 Å². The molecule has 1 aromatic carbocycles. The molecule has 1 saturated heterocycles. The van der Waals surface area contributed by atoms with Gasteiger partial charge in [-0.1, -0.05) is 0 Å². The van der Waals surface area contributed by atoms with Gasteiger partial charge in [0.15, 0.2) is 11.4 Å². The molecule has 0 radical (unpaired) electrons. The Morgan fingerprint density at radius 3 is 2.37 bits per heavy atom. The SMILES string of the molecule is CN1CCN(Cc2ccc(-c3cc(N(C)C)c4c(c3O)C(=O)C3=C(O)C5(O)C(=O)C(C(N)=O)=C(O)C(N(C)C)C5CC3C4)s2)CC1. The number of thiophene rings is 1. The number of aliphatic hydroxyl groups excluding tert-OH is 2. The van der Waals surface area contributed by atoms with Gasteiger partial charge in [-0.3, -0.25) is 24.2 Å². The third-order valence-corrected chi connectivity index (χ3v) is 11.2. The lowest BCUT2D eigenvalue weighted by molar-refractivity contribution is -0.148. The number of aliphatic hydroxyl groups is 3. The number of carbonyl (C=O) groups excluding carboxylic acids is 3. The molecule has 46 heavy (non-hydrogen) atoms. The molecule has 1 aromatic heterocycles. The van der Waals surface area contributed by atoms with E-state index >= 15 is 0 Å².